The molecule has 1 fully saturated rings. The third-order valence-corrected chi connectivity index (χ3v) is 5.08. The van der Waals surface area contributed by atoms with E-state index in [1.165, 1.54) is 30.6 Å². The van der Waals surface area contributed by atoms with E-state index in [0.717, 1.165) is 0 Å². The lowest BCUT2D eigenvalue weighted by Gasteiger charge is -2.15. The van der Waals surface area contributed by atoms with E-state index in [2.05, 4.69) is 31.6 Å². The monoisotopic (exact) mass is 461 g/mol. The van der Waals surface area contributed by atoms with E-state index < -0.39 is 6.61 Å². The number of fused-ring (bicyclic) bond motifs is 1. The zero-order valence-corrected chi connectivity index (χ0v) is 17.4. The number of carbonyl (C=O) groups excluding carboxylic acids is 1. The maximum absolute atomic E-state index is 12.4. The summed E-state index contributed by atoms with van der Waals surface area (Å²) in [5.41, 5.74) is 1.53. The molecule has 0 aliphatic carbocycles. The number of amides is 1. The van der Waals surface area contributed by atoms with Gasteiger partial charge in [-0.05, 0) is 30.3 Å². The highest BCUT2D eigenvalue weighted by Gasteiger charge is 2.26. The van der Waals surface area contributed by atoms with Crippen molar-refractivity contribution in [2.45, 2.75) is 19.1 Å². The van der Waals surface area contributed by atoms with Gasteiger partial charge in [-0.2, -0.15) is 8.78 Å². The highest BCUT2D eigenvalue weighted by atomic mass is 35.5. The second-order valence-electron chi connectivity index (χ2n) is 6.91. The van der Waals surface area contributed by atoms with Crippen LogP contribution in [0.1, 0.15) is 6.42 Å². The Labute approximate surface area is 186 Å². The second-order valence-corrected chi connectivity index (χ2v) is 7.31. The summed E-state index contributed by atoms with van der Waals surface area (Å²) < 4.78 is 35.2. The number of aromatic nitrogens is 3. The Morgan fingerprint density at radius 1 is 1.31 bits per heavy atom. The van der Waals surface area contributed by atoms with Crippen molar-refractivity contribution in [2.75, 3.05) is 18.4 Å². The minimum Gasteiger partial charge on any atom is -0.472 e. The molecule has 3 heterocycles. The van der Waals surface area contributed by atoms with E-state index in [0.29, 0.717) is 47.9 Å². The average molecular weight is 462 g/mol. The van der Waals surface area contributed by atoms with Crippen LogP contribution in [0.5, 0.6) is 11.6 Å². The molecule has 11 heteroatoms. The minimum absolute atomic E-state index is 0.0190. The molecule has 1 aliphatic heterocycles. The number of nitrogens with one attached hydrogen (secondary N) is 1. The number of hydrogen-bond donors (Lipinski definition) is 1. The van der Waals surface area contributed by atoms with Crippen molar-refractivity contribution in [1.29, 1.82) is 0 Å². The van der Waals surface area contributed by atoms with E-state index >= 15 is 0 Å². The first kappa shape index (κ1) is 21.7. The van der Waals surface area contributed by atoms with Crippen molar-refractivity contribution >= 4 is 40.0 Å². The molecule has 166 valence electrons. The van der Waals surface area contributed by atoms with Crippen LogP contribution in [0.2, 0.25) is 5.02 Å². The highest BCUT2D eigenvalue weighted by molar-refractivity contribution is 6.32. The first-order valence-corrected chi connectivity index (χ1v) is 10.0. The summed E-state index contributed by atoms with van der Waals surface area (Å²) in [6, 6.07) is 7.75. The third kappa shape index (κ3) is 4.86. The van der Waals surface area contributed by atoms with Crippen molar-refractivity contribution in [2.24, 2.45) is 0 Å². The Balaban J connectivity index is 1.54. The fourth-order valence-electron chi connectivity index (χ4n) is 3.31. The van der Waals surface area contributed by atoms with Crippen LogP contribution in [0.4, 0.5) is 20.3 Å². The van der Waals surface area contributed by atoms with Crippen LogP contribution in [-0.4, -0.2) is 51.6 Å². The number of anilines is 2. The van der Waals surface area contributed by atoms with Gasteiger partial charge in [0.25, 0.3) is 0 Å². The van der Waals surface area contributed by atoms with Gasteiger partial charge < -0.3 is 19.7 Å². The highest BCUT2D eigenvalue weighted by Crippen LogP contribution is 2.31. The van der Waals surface area contributed by atoms with Crippen LogP contribution in [0.15, 0.2) is 49.3 Å². The average Bonchev–Trinajstić information content (AvgIpc) is 3.24. The van der Waals surface area contributed by atoms with Gasteiger partial charge >= 0.3 is 6.61 Å². The van der Waals surface area contributed by atoms with Crippen LogP contribution in [0, 0.1) is 0 Å². The zero-order chi connectivity index (χ0) is 22.7. The Morgan fingerprint density at radius 2 is 2.16 bits per heavy atom. The molecule has 1 aliphatic rings. The normalized spacial score (nSPS) is 15.8. The lowest BCUT2D eigenvalue weighted by atomic mass is 10.3. The van der Waals surface area contributed by atoms with Gasteiger partial charge in [-0.25, -0.2) is 15.0 Å². The molecule has 8 nitrogen and oxygen atoms in total. The quantitative estimate of drug-likeness (QED) is 0.528. The van der Waals surface area contributed by atoms with E-state index in [1.807, 2.05) is 0 Å². The topological polar surface area (TPSA) is 89.5 Å². The number of nitrogens with zero attached hydrogens (tertiary/aromatic N) is 4. The third-order valence-electron chi connectivity index (χ3n) is 4.79. The van der Waals surface area contributed by atoms with Crippen LogP contribution in [0.25, 0.3) is 11.0 Å². The first-order chi connectivity index (χ1) is 15.4. The fraction of sp³-hybridized carbons (Fsp3) is 0.238. The molecular formula is C21H18ClF2N5O3. The van der Waals surface area contributed by atoms with Crippen molar-refractivity contribution in [1.82, 2.24) is 19.9 Å². The molecule has 32 heavy (non-hydrogen) atoms. The molecule has 0 saturated carbocycles. The predicted octanol–water partition coefficient (Wildman–Crippen LogP) is 4.19. The Morgan fingerprint density at radius 3 is 2.91 bits per heavy atom. The van der Waals surface area contributed by atoms with E-state index in [1.54, 1.807) is 17.0 Å². The summed E-state index contributed by atoms with van der Waals surface area (Å²) in [6.45, 7) is 1.57. The van der Waals surface area contributed by atoms with Crippen molar-refractivity contribution in [3.05, 3.63) is 54.3 Å². The number of carbonyl (C=O) groups is 1. The van der Waals surface area contributed by atoms with E-state index in [9.17, 15) is 13.6 Å². The molecule has 0 spiro atoms. The molecule has 0 bridgehead atoms. The first-order valence-electron chi connectivity index (χ1n) is 9.64. The summed E-state index contributed by atoms with van der Waals surface area (Å²) in [5.74, 6) is 0.487. The summed E-state index contributed by atoms with van der Waals surface area (Å²) in [6.07, 6.45) is 3.15. The van der Waals surface area contributed by atoms with Crippen LogP contribution >= 0.6 is 11.6 Å². The molecule has 1 amide bonds. The molecule has 0 unspecified atom stereocenters. The smallest absolute Gasteiger partial charge is 0.387 e. The standard InChI is InChI=1S/C21H18ClF2N5O3/c1-2-18(30)29-8-7-13(10-29)31-17-6-4-15-19(28-17)20(26-11-25-15)27-12-3-5-16(14(22)9-12)32-21(23)24/h2-6,9,11,13,21H,1,7-8,10H2,(H,25,26,27)/t13-/m0/s1. The number of hydrogen-bond acceptors (Lipinski definition) is 7. The Kier molecular flexibility index (Phi) is 6.31. The number of ether oxygens (including phenoxy) is 2. The van der Waals surface area contributed by atoms with Crippen LogP contribution < -0.4 is 14.8 Å². The number of benzene rings is 1. The van der Waals surface area contributed by atoms with Gasteiger partial charge in [-0.15, -0.1) is 0 Å². The number of halogens is 3. The van der Waals surface area contributed by atoms with Crippen molar-refractivity contribution in [3.8, 4) is 11.6 Å². The summed E-state index contributed by atoms with van der Waals surface area (Å²) >= 11 is 6.02. The van der Waals surface area contributed by atoms with Crippen molar-refractivity contribution < 1.29 is 23.0 Å². The summed E-state index contributed by atoms with van der Waals surface area (Å²) in [7, 11) is 0. The minimum atomic E-state index is -2.97. The number of alkyl halides is 2. The Bertz CT molecular complexity index is 1160. The molecular weight excluding hydrogens is 444 g/mol. The zero-order valence-electron chi connectivity index (χ0n) is 16.7. The number of likely N-dealkylation sites (tertiary alicyclic amines) is 1. The van der Waals surface area contributed by atoms with Gasteiger partial charge in [0, 0.05) is 24.7 Å². The molecule has 1 saturated heterocycles. The molecule has 0 radical (unpaired) electrons. The Hall–Kier alpha value is -3.53. The van der Waals surface area contributed by atoms with Crippen molar-refractivity contribution in [3.63, 3.8) is 0 Å². The molecule has 1 atom stereocenters. The maximum atomic E-state index is 12.4. The largest absolute Gasteiger partial charge is 0.472 e. The van der Waals surface area contributed by atoms with Gasteiger partial charge in [-0.1, -0.05) is 18.2 Å². The summed E-state index contributed by atoms with van der Waals surface area (Å²) in [5, 5.41) is 3.08. The SMILES string of the molecule is C=CC(=O)N1CC[C@H](Oc2ccc3ncnc(Nc4ccc(OC(F)F)c(Cl)c4)c3n2)C1. The number of rotatable bonds is 7. The molecule has 1 aromatic carbocycles. The maximum Gasteiger partial charge on any atom is 0.387 e. The summed E-state index contributed by atoms with van der Waals surface area (Å²) in [4.78, 5) is 26.4. The lowest BCUT2D eigenvalue weighted by molar-refractivity contribution is -0.125. The van der Waals surface area contributed by atoms with E-state index in [-0.39, 0.29) is 22.8 Å². The van der Waals surface area contributed by atoms with Gasteiger partial charge in [0.2, 0.25) is 11.8 Å². The predicted molar refractivity (Wildman–Crippen MR) is 115 cm³/mol. The van der Waals surface area contributed by atoms with Gasteiger partial charge in [0.05, 0.1) is 17.1 Å². The van der Waals surface area contributed by atoms with Crippen LogP contribution in [0.3, 0.4) is 0 Å². The van der Waals surface area contributed by atoms with Gasteiger partial charge in [-0.3, -0.25) is 4.79 Å². The molecule has 1 N–H and O–H groups in total. The molecule has 3 aromatic rings. The van der Waals surface area contributed by atoms with Gasteiger partial charge in [0.15, 0.2) is 5.82 Å². The number of pyridine rings is 1. The van der Waals surface area contributed by atoms with E-state index in [4.69, 9.17) is 16.3 Å². The second kappa shape index (κ2) is 9.31. The fourth-order valence-corrected chi connectivity index (χ4v) is 3.54. The lowest BCUT2D eigenvalue weighted by Crippen LogP contribution is -2.29. The molecule has 2 aromatic heterocycles. The molecule has 4 rings (SSSR count). The van der Waals surface area contributed by atoms with Crippen LogP contribution in [-0.2, 0) is 4.79 Å². The van der Waals surface area contributed by atoms with Gasteiger partial charge in [0.1, 0.15) is 23.7 Å².